The first-order valence-electron chi connectivity index (χ1n) is 8.15. The molecule has 0 spiro atoms. The molecule has 1 aromatic heterocycles. The molecule has 1 amide bonds. The Morgan fingerprint density at radius 3 is 2.80 bits per heavy atom. The molecule has 136 valence electrons. The molecule has 6 nitrogen and oxygen atoms in total. The average Bonchev–Trinajstić information content (AvgIpc) is 3.09. The topological polar surface area (TPSA) is 59.4 Å². The van der Waals surface area contributed by atoms with Gasteiger partial charge in [-0.05, 0) is 31.3 Å². The summed E-state index contributed by atoms with van der Waals surface area (Å²) in [4.78, 5) is 14.3. The quantitative estimate of drug-likeness (QED) is 0.739. The predicted octanol–water partition coefficient (Wildman–Crippen LogP) is 2.78. The number of hydrogen-bond acceptors (Lipinski definition) is 4. The molecule has 0 aliphatic heterocycles. The highest BCUT2D eigenvalue weighted by atomic mass is 35.5. The van der Waals surface area contributed by atoms with Crippen LogP contribution < -0.4 is 10.1 Å². The minimum atomic E-state index is -0.503. The standard InChI is InChI=1S/C17H22ClFN4O2/c1-3-22(4-2)10-8-20-17(24)16-7-9-23(21-16)12-25-13-5-6-15(19)14(18)11-13/h5-7,9,11H,3-4,8,10,12H2,1-2H3,(H,20,24). The Morgan fingerprint density at radius 1 is 1.36 bits per heavy atom. The Bertz CT molecular complexity index is 704. The fraction of sp³-hybridized carbons (Fsp3) is 0.412. The van der Waals surface area contributed by atoms with Crippen LogP contribution in [0, 0.1) is 5.82 Å². The van der Waals surface area contributed by atoms with Gasteiger partial charge in [-0.3, -0.25) is 4.79 Å². The van der Waals surface area contributed by atoms with Crippen LogP contribution in [0.1, 0.15) is 24.3 Å². The van der Waals surface area contributed by atoms with Crippen molar-refractivity contribution in [3.8, 4) is 5.75 Å². The van der Waals surface area contributed by atoms with Crippen LogP contribution in [0.5, 0.6) is 5.75 Å². The van der Waals surface area contributed by atoms with Crippen LogP contribution in [-0.2, 0) is 6.73 Å². The number of carbonyl (C=O) groups excluding carboxylic acids is 1. The molecular formula is C17H22ClFN4O2. The van der Waals surface area contributed by atoms with Crippen LogP contribution in [0.2, 0.25) is 5.02 Å². The lowest BCUT2D eigenvalue weighted by Crippen LogP contribution is -2.35. The van der Waals surface area contributed by atoms with Crippen LogP contribution in [0.25, 0.3) is 0 Å². The molecule has 2 rings (SSSR count). The van der Waals surface area contributed by atoms with E-state index in [1.54, 1.807) is 12.3 Å². The summed E-state index contributed by atoms with van der Waals surface area (Å²) >= 11 is 5.70. The summed E-state index contributed by atoms with van der Waals surface area (Å²) < 4.78 is 20.1. The number of rotatable bonds is 9. The van der Waals surface area contributed by atoms with Crippen LogP contribution >= 0.6 is 11.6 Å². The summed E-state index contributed by atoms with van der Waals surface area (Å²) in [5, 5.41) is 7.00. The zero-order valence-electron chi connectivity index (χ0n) is 14.3. The molecule has 1 heterocycles. The number of likely N-dealkylation sites (N-methyl/N-ethyl adjacent to an activating group) is 1. The van der Waals surface area contributed by atoms with Crippen LogP contribution in [0.4, 0.5) is 4.39 Å². The maximum Gasteiger partial charge on any atom is 0.271 e. The first-order chi connectivity index (χ1) is 12.0. The molecule has 25 heavy (non-hydrogen) atoms. The highest BCUT2D eigenvalue weighted by Crippen LogP contribution is 2.21. The third-order valence-electron chi connectivity index (χ3n) is 3.74. The van der Waals surface area contributed by atoms with Crippen molar-refractivity contribution in [1.29, 1.82) is 0 Å². The second kappa shape index (κ2) is 9.39. The van der Waals surface area contributed by atoms with E-state index in [9.17, 15) is 9.18 Å². The van der Waals surface area contributed by atoms with Gasteiger partial charge in [0.05, 0.1) is 5.02 Å². The smallest absolute Gasteiger partial charge is 0.271 e. The van der Waals surface area contributed by atoms with Gasteiger partial charge < -0.3 is 15.0 Å². The van der Waals surface area contributed by atoms with E-state index < -0.39 is 5.82 Å². The van der Waals surface area contributed by atoms with E-state index in [0.717, 1.165) is 19.6 Å². The number of nitrogens with one attached hydrogen (secondary N) is 1. The van der Waals surface area contributed by atoms with Crippen molar-refractivity contribution in [2.45, 2.75) is 20.6 Å². The van der Waals surface area contributed by atoms with Gasteiger partial charge in [-0.15, -0.1) is 0 Å². The van der Waals surface area contributed by atoms with E-state index in [-0.39, 0.29) is 17.7 Å². The Hall–Kier alpha value is -2.12. The van der Waals surface area contributed by atoms with E-state index >= 15 is 0 Å². The molecule has 2 aromatic rings. The van der Waals surface area contributed by atoms with Crippen LogP contribution in [-0.4, -0.2) is 46.8 Å². The zero-order chi connectivity index (χ0) is 18.2. The van der Waals surface area contributed by atoms with Gasteiger partial charge in [-0.2, -0.15) is 5.10 Å². The summed E-state index contributed by atoms with van der Waals surface area (Å²) in [6.07, 6.45) is 1.64. The van der Waals surface area contributed by atoms with Crippen LogP contribution in [0.3, 0.4) is 0 Å². The maximum atomic E-state index is 13.1. The van der Waals surface area contributed by atoms with Gasteiger partial charge in [0.1, 0.15) is 17.3 Å². The van der Waals surface area contributed by atoms with Gasteiger partial charge in [0, 0.05) is 25.4 Å². The molecule has 8 heteroatoms. The largest absolute Gasteiger partial charge is 0.471 e. The van der Waals surface area contributed by atoms with E-state index in [2.05, 4.69) is 29.2 Å². The molecule has 0 saturated heterocycles. The van der Waals surface area contributed by atoms with Crippen molar-refractivity contribution in [2.75, 3.05) is 26.2 Å². The van der Waals surface area contributed by atoms with Crippen molar-refractivity contribution in [2.24, 2.45) is 0 Å². The monoisotopic (exact) mass is 368 g/mol. The van der Waals surface area contributed by atoms with Gasteiger partial charge in [0.15, 0.2) is 6.73 Å². The molecule has 0 atom stereocenters. The summed E-state index contributed by atoms with van der Waals surface area (Å²) in [7, 11) is 0. The van der Waals surface area contributed by atoms with E-state index in [0.29, 0.717) is 18.0 Å². The van der Waals surface area contributed by atoms with Crippen LogP contribution in [0.15, 0.2) is 30.5 Å². The lowest BCUT2D eigenvalue weighted by molar-refractivity contribution is 0.0942. The maximum absolute atomic E-state index is 13.1. The lowest BCUT2D eigenvalue weighted by atomic mass is 10.3. The third-order valence-corrected chi connectivity index (χ3v) is 4.03. The third kappa shape index (κ3) is 5.72. The first-order valence-corrected chi connectivity index (χ1v) is 8.53. The van der Waals surface area contributed by atoms with Crippen molar-refractivity contribution in [3.63, 3.8) is 0 Å². The normalized spacial score (nSPS) is 10.9. The molecule has 0 bridgehead atoms. The Morgan fingerprint density at radius 2 is 2.12 bits per heavy atom. The fourth-order valence-corrected chi connectivity index (χ4v) is 2.39. The zero-order valence-corrected chi connectivity index (χ0v) is 15.1. The summed E-state index contributed by atoms with van der Waals surface area (Å²) in [6, 6.07) is 5.72. The summed E-state index contributed by atoms with van der Waals surface area (Å²) in [5.41, 5.74) is 0.320. The number of aromatic nitrogens is 2. The highest BCUT2D eigenvalue weighted by molar-refractivity contribution is 6.30. The molecule has 1 aromatic carbocycles. The van der Waals surface area contributed by atoms with E-state index in [4.69, 9.17) is 16.3 Å². The van der Waals surface area contributed by atoms with Crippen molar-refractivity contribution in [3.05, 3.63) is 47.0 Å². The fourth-order valence-electron chi connectivity index (χ4n) is 2.22. The summed E-state index contributed by atoms with van der Waals surface area (Å²) in [5.74, 6) is -0.306. The predicted molar refractivity (Wildman–Crippen MR) is 94.4 cm³/mol. The summed E-state index contributed by atoms with van der Waals surface area (Å²) in [6.45, 7) is 7.53. The molecule has 1 N–H and O–H groups in total. The number of hydrogen-bond donors (Lipinski definition) is 1. The number of halogens is 2. The van der Waals surface area contributed by atoms with E-state index in [1.807, 2.05) is 0 Å². The van der Waals surface area contributed by atoms with Crippen molar-refractivity contribution >= 4 is 17.5 Å². The number of benzene rings is 1. The number of carbonyl (C=O) groups is 1. The van der Waals surface area contributed by atoms with Gasteiger partial charge in [-0.1, -0.05) is 25.4 Å². The van der Waals surface area contributed by atoms with Gasteiger partial charge in [0.2, 0.25) is 0 Å². The Kier molecular flexibility index (Phi) is 7.21. The molecule has 0 radical (unpaired) electrons. The minimum absolute atomic E-state index is 0.00812. The van der Waals surface area contributed by atoms with Crippen molar-refractivity contribution < 1.29 is 13.9 Å². The molecule has 0 unspecified atom stereocenters. The van der Waals surface area contributed by atoms with Gasteiger partial charge >= 0.3 is 0 Å². The molecule has 0 saturated carbocycles. The van der Waals surface area contributed by atoms with Gasteiger partial charge in [-0.25, -0.2) is 9.07 Å². The molecule has 0 aliphatic rings. The first kappa shape index (κ1) is 19.2. The average molecular weight is 369 g/mol. The second-order valence-electron chi connectivity index (χ2n) is 5.37. The number of nitrogens with zero attached hydrogens (tertiary/aromatic N) is 3. The van der Waals surface area contributed by atoms with E-state index in [1.165, 1.54) is 22.9 Å². The number of amides is 1. The Balaban J connectivity index is 1.82. The lowest BCUT2D eigenvalue weighted by Gasteiger charge is -2.17. The number of ether oxygens (including phenoxy) is 1. The van der Waals surface area contributed by atoms with Crippen molar-refractivity contribution in [1.82, 2.24) is 20.0 Å². The molecular weight excluding hydrogens is 347 g/mol. The molecule has 0 aliphatic carbocycles. The highest BCUT2D eigenvalue weighted by Gasteiger charge is 2.10. The SMILES string of the molecule is CCN(CC)CCNC(=O)c1ccn(COc2ccc(F)c(Cl)c2)n1. The Labute approximate surface area is 151 Å². The minimum Gasteiger partial charge on any atom is -0.471 e. The molecule has 0 fully saturated rings. The van der Waals surface area contributed by atoms with Gasteiger partial charge in [0.25, 0.3) is 5.91 Å². The second-order valence-corrected chi connectivity index (χ2v) is 5.78.